The zero-order valence-corrected chi connectivity index (χ0v) is 14.2. The van der Waals surface area contributed by atoms with Gasteiger partial charge >= 0.3 is 18.3 Å². The van der Waals surface area contributed by atoms with E-state index < -0.39 is 61.4 Å². The number of carbonyl (C=O) groups is 2. The van der Waals surface area contributed by atoms with Gasteiger partial charge in [-0.15, -0.1) is 0 Å². The van der Waals surface area contributed by atoms with Crippen LogP contribution in [-0.4, -0.2) is 37.4 Å². The lowest BCUT2D eigenvalue weighted by molar-refractivity contribution is -0.225. The molecule has 0 aromatic heterocycles. The molecule has 0 spiro atoms. The van der Waals surface area contributed by atoms with Crippen LogP contribution in [0.5, 0.6) is 0 Å². The first-order valence-electron chi connectivity index (χ1n) is 8.04. The summed E-state index contributed by atoms with van der Waals surface area (Å²) in [6, 6.07) is 3.90. The lowest BCUT2D eigenvalue weighted by Crippen LogP contribution is -2.47. The summed E-state index contributed by atoms with van der Waals surface area (Å²) in [5.41, 5.74) is -0.0225. The Bertz CT molecular complexity index is 679. The summed E-state index contributed by atoms with van der Waals surface area (Å²) in [4.78, 5) is 23.7. The molecule has 0 unspecified atom stereocenters. The maximum atomic E-state index is 13.0. The van der Waals surface area contributed by atoms with E-state index >= 15 is 0 Å². The van der Waals surface area contributed by atoms with Gasteiger partial charge in [0.2, 0.25) is 0 Å². The van der Waals surface area contributed by atoms with Gasteiger partial charge in [0.05, 0.1) is 24.5 Å². The molecule has 1 aromatic carbocycles. The Hall–Kier alpha value is -2.26. The average molecular weight is 397 g/mol. The summed E-state index contributed by atoms with van der Waals surface area (Å²) in [6.07, 6.45) is -11.9. The van der Waals surface area contributed by atoms with E-state index in [1.165, 1.54) is 18.2 Å². The lowest BCUT2D eigenvalue weighted by atomic mass is 9.77. The van der Waals surface area contributed by atoms with E-state index in [9.17, 15) is 35.9 Å². The third kappa shape index (κ3) is 5.36. The summed E-state index contributed by atoms with van der Waals surface area (Å²) in [6.45, 7) is 0. The van der Waals surface area contributed by atoms with Gasteiger partial charge < -0.3 is 10.1 Å². The maximum Gasteiger partial charge on any atom is 0.391 e. The van der Waals surface area contributed by atoms with Gasteiger partial charge in [-0.2, -0.15) is 26.3 Å². The molecule has 150 valence electrons. The summed E-state index contributed by atoms with van der Waals surface area (Å²) in [5, 5.41) is 2.23. The highest BCUT2D eigenvalue weighted by atomic mass is 19.4. The molecule has 1 aromatic rings. The number of esters is 1. The second kappa shape index (κ2) is 7.77. The SMILES string of the molecule is COC(=O)c1cccc(C(=O)NC2C[C@@H](C(F)(F)F)C[C@H](C(F)(F)F)C2)c1. The van der Waals surface area contributed by atoms with Crippen LogP contribution < -0.4 is 5.32 Å². The van der Waals surface area contributed by atoms with Gasteiger partial charge in [0.15, 0.2) is 0 Å². The van der Waals surface area contributed by atoms with Crippen LogP contribution in [-0.2, 0) is 4.74 Å². The first-order chi connectivity index (χ1) is 12.4. The summed E-state index contributed by atoms with van der Waals surface area (Å²) >= 11 is 0. The molecule has 1 aliphatic carbocycles. The summed E-state index contributed by atoms with van der Waals surface area (Å²) in [7, 11) is 1.13. The monoisotopic (exact) mass is 397 g/mol. The molecule has 1 amide bonds. The third-order valence-electron chi connectivity index (χ3n) is 4.51. The van der Waals surface area contributed by atoms with Crippen molar-refractivity contribution in [3.8, 4) is 0 Å². The quantitative estimate of drug-likeness (QED) is 0.617. The molecule has 0 heterocycles. The van der Waals surface area contributed by atoms with Crippen molar-refractivity contribution in [3.63, 3.8) is 0 Å². The highest BCUT2D eigenvalue weighted by Crippen LogP contribution is 2.45. The van der Waals surface area contributed by atoms with E-state index in [0.717, 1.165) is 13.2 Å². The molecule has 2 rings (SSSR count). The number of nitrogens with one attached hydrogen (secondary N) is 1. The van der Waals surface area contributed by atoms with Crippen molar-refractivity contribution in [2.45, 2.75) is 37.7 Å². The van der Waals surface area contributed by atoms with E-state index in [0.29, 0.717) is 0 Å². The van der Waals surface area contributed by atoms with Crippen LogP contribution in [0.15, 0.2) is 24.3 Å². The zero-order chi connectivity index (χ0) is 20.4. The fraction of sp³-hybridized carbons (Fsp3) is 0.529. The Morgan fingerprint density at radius 2 is 1.48 bits per heavy atom. The van der Waals surface area contributed by atoms with E-state index in [-0.39, 0.29) is 11.1 Å². The van der Waals surface area contributed by atoms with Crippen molar-refractivity contribution < 1.29 is 40.7 Å². The van der Waals surface area contributed by atoms with Crippen LogP contribution in [0.1, 0.15) is 40.0 Å². The number of halogens is 6. The third-order valence-corrected chi connectivity index (χ3v) is 4.51. The lowest BCUT2D eigenvalue weighted by Gasteiger charge is -2.37. The van der Waals surface area contributed by atoms with Crippen molar-refractivity contribution in [1.82, 2.24) is 5.32 Å². The number of ether oxygens (including phenoxy) is 1. The topological polar surface area (TPSA) is 55.4 Å². The number of rotatable bonds is 3. The molecule has 1 fully saturated rings. The van der Waals surface area contributed by atoms with Crippen LogP contribution >= 0.6 is 0 Å². The fourth-order valence-electron chi connectivity index (χ4n) is 3.15. The Kier molecular flexibility index (Phi) is 6.06. The number of hydrogen-bond acceptors (Lipinski definition) is 3. The van der Waals surface area contributed by atoms with Gasteiger partial charge in [0.1, 0.15) is 0 Å². The van der Waals surface area contributed by atoms with Crippen molar-refractivity contribution >= 4 is 11.9 Å². The van der Waals surface area contributed by atoms with Crippen LogP contribution in [0.25, 0.3) is 0 Å². The number of hydrogen-bond donors (Lipinski definition) is 1. The first-order valence-corrected chi connectivity index (χ1v) is 8.04. The van der Waals surface area contributed by atoms with Crippen molar-refractivity contribution in [2.24, 2.45) is 11.8 Å². The van der Waals surface area contributed by atoms with Gasteiger partial charge in [0, 0.05) is 11.6 Å². The van der Waals surface area contributed by atoms with Crippen LogP contribution in [0.4, 0.5) is 26.3 Å². The number of carbonyl (C=O) groups excluding carboxylic acids is 2. The number of alkyl halides is 6. The molecule has 1 N–H and O–H groups in total. The van der Waals surface area contributed by atoms with Crippen molar-refractivity contribution in [2.75, 3.05) is 7.11 Å². The molecule has 1 saturated carbocycles. The number of methoxy groups -OCH3 is 1. The molecular formula is C17H17F6NO3. The van der Waals surface area contributed by atoms with E-state index in [1.807, 2.05) is 0 Å². The minimum atomic E-state index is -4.78. The molecule has 1 aliphatic rings. The summed E-state index contributed by atoms with van der Waals surface area (Å²) < 4.78 is 82.4. The predicted molar refractivity (Wildman–Crippen MR) is 82.0 cm³/mol. The minimum absolute atomic E-state index is 0.0372. The zero-order valence-electron chi connectivity index (χ0n) is 14.2. The van der Waals surface area contributed by atoms with Gasteiger partial charge in [-0.25, -0.2) is 4.79 Å². The maximum absolute atomic E-state index is 13.0. The van der Waals surface area contributed by atoms with Crippen LogP contribution in [0, 0.1) is 11.8 Å². The van der Waals surface area contributed by atoms with E-state index in [4.69, 9.17) is 0 Å². The van der Waals surface area contributed by atoms with Gasteiger partial charge in [0.25, 0.3) is 5.91 Å². The Balaban J connectivity index is 2.16. The smallest absolute Gasteiger partial charge is 0.391 e. The van der Waals surface area contributed by atoms with E-state index in [1.54, 1.807) is 0 Å². The fourth-order valence-corrected chi connectivity index (χ4v) is 3.15. The number of amides is 1. The molecule has 0 bridgehead atoms. The molecule has 4 nitrogen and oxygen atoms in total. The first kappa shape index (κ1) is 21.0. The molecule has 0 radical (unpaired) electrons. The van der Waals surface area contributed by atoms with Crippen LogP contribution in [0.2, 0.25) is 0 Å². The Morgan fingerprint density at radius 3 is 1.96 bits per heavy atom. The molecule has 27 heavy (non-hydrogen) atoms. The Morgan fingerprint density at radius 1 is 0.963 bits per heavy atom. The predicted octanol–water partition coefficient (Wildman–Crippen LogP) is 4.11. The van der Waals surface area contributed by atoms with Crippen molar-refractivity contribution in [1.29, 1.82) is 0 Å². The molecule has 10 heteroatoms. The standard InChI is InChI=1S/C17H17F6NO3/c1-27-15(26)10-4-2-3-9(5-10)14(25)24-13-7-11(16(18,19)20)6-12(8-13)17(21,22)23/h2-5,11-13H,6-8H2,1H3,(H,24,25)/t11-,12-/m0/s1. The highest BCUT2D eigenvalue weighted by Gasteiger charge is 2.52. The minimum Gasteiger partial charge on any atom is -0.465 e. The second-order valence-corrected chi connectivity index (χ2v) is 6.43. The average Bonchev–Trinajstić information content (AvgIpc) is 2.59. The normalized spacial score (nSPS) is 23.6. The number of benzene rings is 1. The molecular weight excluding hydrogens is 380 g/mol. The van der Waals surface area contributed by atoms with Gasteiger partial charge in [-0.1, -0.05) is 6.07 Å². The van der Waals surface area contributed by atoms with Crippen LogP contribution in [0.3, 0.4) is 0 Å². The van der Waals surface area contributed by atoms with Gasteiger partial charge in [-0.05, 0) is 37.5 Å². The second-order valence-electron chi connectivity index (χ2n) is 6.43. The molecule has 0 saturated heterocycles. The van der Waals surface area contributed by atoms with E-state index in [2.05, 4.69) is 10.1 Å². The molecule has 2 atom stereocenters. The molecule has 0 aliphatic heterocycles. The highest BCUT2D eigenvalue weighted by molar-refractivity contribution is 5.98. The Labute approximate surface area is 150 Å². The summed E-state index contributed by atoms with van der Waals surface area (Å²) in [5.74, 6) is -5.87. The largest absolute Gasteiger partial charge is 0.465 e. The van der Waals surface area contributed by atoms with Gasteiger partial charge in [-0.3, -0.25) is 4.79 Å². The van der Waals surface area contributed by atoms with Crippen molar-refractivity contribution in [3.05, 3.63) is 35.4 Å².